The van der Waals surface area contributed by atoms with Crippen molar-refractivity contribution in [1.82, 2.24) is 4.90 Å². The molecule has 2 aliphatic rings. The highest BCUT2D eigenvalue weighted by molar-refractivity contribution is 5.92. The molecule has 28 heavy (non-hydrogen) atoms. The number of carbonyl (C=O) groups is 1. The molecule has 2 aliphatic heterocycles. The number of benzene rings is 1. The quantitative estimate of drug-likeness (QED) is 0.794. The molecule has 1 aromatic rings. The van der Waals surface area contributed by atoms with Crippen molar-refractivity contribution >= 4 is 17.3 Å². The molecule has 9 heteroatoms. The number of nitrogens with one attached hydrogen (secondary N) is 1. The molecule has 2 saturated heterocycles. The molecular formula is C19H26F3N3O3. The third-order valence-electron chi connectivity index (χ3n) is 5.01. The maximum atomic E-state index is 13.5. The molecule has 6 nitrogen and oxygen atoms in total. The predicted molar refractivity (Wildman–Crippen MR) is 99.6 cm³/mol. The highest BCUT2D eigenvalue weighted by Crippen LogP contribution is 2.37. The van der Waals surface area contributed by atoms with Crippen LogP contribution in [-0.4, -0.2) is 70.0 Å². The van der Waals surface area contributed by atoms with E-state index in [0.29, 0.717) is 25.4 Å². The van der Waals surface area contributed by atoms with Crippen molar-refractivity contribution in [2.45, 2.75) is 25.1 Å². The Morgan fingerprint density at radius 3 is 2.68 bits per heavy atom. The summed E-state index contributed by atoms with van der Waals surface area (Å²) in [5, 5.41) is 2.33. The average molecular weight is 401 g/mol. The molecule has 2 fully saturated rings. The zero-order valence-electron chi connectivity index (χ0n) is 15.9. The molecular weight excluding hydrogens is 375 g/mol. The normalized spacial score (nSPS) is 21.1. The molecule has 0 radical (unpaired) electrons. The first kappa shape index (κ1) is 20.9. The number of halogens is 3. The van der Waals surface area contributed by atoms with Gasteiger partial charge in [-0.25, -0.2) is 0 Å². The van der Waals surface area contributed by atoms with E-state index in [9.17, 15) is 18.0 Å². The minimum atomic E-state index is -4.57. The van der Waals surface area contributed by atoms with Crippen LogP contribution in [0, 0.1) is 0 Å². The smallest absolute Gasteiger partial charge is 0.376 e. The highest BCUT2D eigenvalue weighted by atomic mass is 19.4. The van der Waals surface area contributed by atoms with Crippen LogP contribution in [0.15, 0.2) is 18.2 Å². The van der Waals surface area contributed by atoms with Crippen molar-refractivity contribution in [3.8, 4) is 0 Å². The Balaban J connectivity index is 1.63. The van der Waals surface area contributed by atoms with Gasteiger partial charge < -0.3 is 24.6 Å². The second kappa shape index (κ2) is 9.11. The summed E-state index contributed by atoms with van der Waals surface area (Å²) in [6.07, 6.45) is -2.78. The van der Waals surface area contributed by atoms with Crippen LogP contribution in [0.1, 0.15) is 18.4 Å². The van der Waals surface area contributed by atoms with E-state index in [1.54, 1.807) is 6.07 Å². The maximum absolute atomic E-state index is 13.5. The Bertz CT molecular complexity index is 670. The number of amides is 1. The van der Waals surface area contributed by atoms with Crippen molar-refractivity contribution in [1.29, 1.82) is 0 Å². The molecule has 0 aromatic heterocycles. The van der Waals surface area contributed by atoms with E-state index in [-0.39, 0.29) is 25.0 Å². The van der Waals surface area contributed by atoms with Gasteiger partial charge in [-0.15, -0.1) is 0 Å². The molecule has 0 spiro atoms. The van der Waals surface area contributed by atoms with E-state index in [4.69, 9.17) is 9.47 Å². The number of ether oxygens (including phenoxy) is 2. The van der Waals surface area contributed by atoms with Gasteiger partial charge in [-0.2, -0.15) is 13.2 Å². The van der Waals surface area contributed by atoms with Gasteiger partial charge in [0.05, 0.1) is 24.0 Å². The van der Waals surface area contributed by atoms with Gasteiger partial charge in [0.15, 0.2) is 0 Å². The standard InChI is InChI=1S/C19H26F3N3O3/c1-24-6-8-25(9-7-24)14-4-5-17(16(11-14)19(20,21)22)23-18(26)13-27-12-15-3-2-10-28-15/h4-5,11,15H,2-3,6-10,12-13H2,1H3,(H,23,26). The Kier molecular flexibility index (Phi) is 6.79. The summed E-state index contributed by atoms with van der Waals surface area (Å²) in [7, 11) is 1.98. The lowest BCUT2D eigenvalue weighted by Crippen LogP contribution is -2.44. The van der Waals surface area contributed by atoms with Gasteiger partial charge in [0, 0.05) is 38.5 Å². The predicted octanol–water partition coefficient (Wildman–Crippen LogP) is 2.59. The van der Waals surface area contributed by atoms with E-state index < -0.39 is 17.6 Å². The van der Waals surface area contributed by atoms with Crippen molar-refractivity contribution < 1.29 is 27.4 Å². The van der Waals surface area contributed by atoms with E-state index in [2.05, 4.69) is 10.2 Å². The zero-order valence-corrected chi connectivity index (χ0v) is 15.9. The largest absolute Gasteiger partial charge is 0.418 e. The van der Waals surface area contributed by atoms with E-state index in [1.165, 1.54) is 6.07 Å². The summed E-state index contributed by atoms with van der Waals surface area (Å²) < 4.78 is 51.3. The summed E-state index contributed by atoms with van der Waals surface area (Å²) in [6, 6.07) is 4.03. The third-order valence-corrected chi connectivity index (χ3v) is 5.01. The van der Waals surface area contributed by atoms with E-state index in [0.717, 1.165) is 32.0 Å². The number of alkyl halides is 3. The van der Waals surface area contributed by atoms with Crippen LogP contribution in [-0.2, 0) is 20.4 Å². The number of likely N-dealkylation sites (N-methyl/N-ethyl adjacent to an activating group) is 1. The first-order valence-electron chi connectivity index (χ1n) is 9.47. The SMILES string of the molecule is CN1CCN(c2ccc(NC(=O)COCC3CCCO3)c(C(F)(F)F)c2)CC1. The molecule has 1 atom stereocenters. The Hall–Kier alpha value is -1.84. The van der Waals surface area contributed by atoms with E-state index in [1.807, 2.05) is 11.9 Å². The van der Waals surface area contributed by atoms with Crippen LogP contribution in [0.25, 0.3) is 0 Å². The van der Waals surface area contributed by atoms with Crippen molar-refractivity contribution in [2.75, 3.05) is 63.3 Å². The van der Waals surface area contributed by atoms with Crippen LogP contribution < -0.4 is 10.2 Å². The summed E-state index contributed by atoms with van der Waals surface area (Å²) in [5.41, 5.74) is -0.597. The average Bonchev–Trinajstić information content (AvgIpc) is 3.15. The number of nitrogens with zero attached hydrogens (tertiary/aromatic N) is 2. The van der Waals surface area contributed by atoms with E-state index >= 15 is 0 Å². The fourth-order valence-corrected chi connectivity index (χ4v) is 3.38. The van der Waals surface area contributed by atoms with Gasteiger partial charge in [0.25, 0.3) is 0 Å². The summed E-state index contributed by atoms with van der Waals surface area (Å²) in [5.74, 6) is -0.615. The highest BCUT2D eigenvalue weighted by Gasteiger charge is 2.35. The second-order valence-corrected chi connectivity index (χ2v) is 7.22. The molecule has 0 bridgehead atoms. The molecule has 156 valence electrons. The van der Waals surface area contributed by atoms with Gasteiger partial charge in [-0.05, 0) is 38.1 Å². The van der Waals surface area contributed by atoms with Crippen LogP contribution in [0.3, 0.4) is 0 Å². The van der Waals surface area contributed by atoms with Crippen LogP contribution >= 0.6 is 0 Å². The minimum absolute atomic E-state index is 0.0404. The maximum Gasteiger partial charge on any atom is 0.418 e. The molecule has 1 aromatic carbocycles. The lowest BCUT2D eigenvalue weighted by atomic mass is 10.1. The van der Waals surface area contributed by atoms with Crippen molar-refractivity contribution in [3.63, 3.8) is 0 Å². The molecule has 0 saturated carbocycles. The molecule has 3 rings (SSSR count). The molecule has 1 N–H and O–H groups in total. The number of piperazine rings is 1. The minimum Gasteiger partial charge on any atom is -0.376 e. The van der Waals surface area contributed by atoms with Crippen LogP contribution in [0.4, 0.5) is 24.5 Å². The lowest BCUT2D eigenvalue weighted by molar-refractivity contribution is -0.137. The first-order chi connectivity index (χ1) is 13.3. The number of anilines is 2. The van der Waals surface area contributed by atoms with Gasteiger partial charge in [0.2, 0.25) is 5.91 Å². The first-order valence-corrected chi connectivity index (χ1v) is 9.47. The van der Waals surface area contributed by atoms with Gasteiger partial charge >= 0.3 is 6.18 Å². The Labute approximate surface area is 162 Å². The third kappa shape index (κ3) is 5.59. The van der Waals surface area contributed by atoms with Crippen molar-refractivity contribution in [2.24, 2.45) is 0 Å². The number of hydrogen-bond donors (Lipinski definition) is 1. The molecule has 1 amide bonds. The molecule has 0 aliphatic carbocycles. The molecule has 2 heterocycles. The number of carbonyl (C=O) groups excluding carboxylic acids is 1. The Morgan fingerprint density at radius 1 is 1.29 bits per heavy atom. The fourth-order valence-electron chi connectivity index (χ4n) is 3.38. The fraction of sp³-hybridized carbons (Fsp3) is 0.632. The monoisotopic (exact) mass is 401 g/mol. The van der Waals surface area contributed by atoms with Crippen molar-refractivity contribution in [3.05, 3.63) is 23.8 Å². The number of rotatable bonds is 6. The van der Waals surface area contributed by atoms with Crippen LogP contribution in [0.2, 0.25) is 0 Å². The lowest BCUT2D eigenvalue weighted by Gasteiger charge is -2.34. The molecule has 1 unspecified atom stereocenters. The number of hydrogen-bond acceptors (Lipinski definition) is 5. The summed E-state index contributed by atoms with van der Waals surface area (Å²) in [6.45, 7) is 3.55. The second-order valence-electron chi connectivity index (χ2n) is 7.22. The topological polar surface area (TPSA) is 54.0 Å². The van der Waals surface area contributed by atoms with Crippen LogP contribution in [0.5, 0.6) is 0 Å². The van der Waals surface area contributed by atoms with Gasteiger partial charge in [0.1, 0.15) is 6.61 Å². The zero-order chi connectivity index (χ0) is 20.1. The summed E-state index contributed by atoms with van der Waals surface area (Å²) in [4.78, 5) is 16.1. The Morgan fingerprint density at radius 2 is 2.04 bits per heavy atom. The van der Waals surface area contributed by atoms with Gasteiger partial charge in [-0.3, -0.25) is 4.79 Å². The summed E-state index contributed by atoms with van der Waals surface area (Å²) >= 11 is 0. The van der Waals surface area contributed by atoms with Gasteiger partial charge in [-0.1, -0.05) is 0 Å².